The number of rotatable bonds is 5. The zero-order valence-corrected chi connectivity index (χ0v) is 17.8. The van der Waals surface area contributed by atoms with E-state index in [0.29, 0.717) is 36.8 Å². The van der Waals surface area contributed by atoms with Gasteiger partial charge in [0.05, 0.1) is 27.2 Å². The number of hydrogen-bond donors (Lipinski definition) is 1. The van der Waals surface area contributed by atoms with Gasteiger partial charge in [0.15, 0.2) is 0 Å². The second-order valence-corrected chi connectivity index (χ2v) is 9.36. The molecule has 1 aliphatic heterocycles. The molecule has 2 aromatic rings. The van der Waals surface area contributed by atoms with Gasteiger partial charge in [0.25, 0.3) is 0 Å². The highest BCUT2D eigenvalue weighted by molar-refractivity contribution is 7.89. The predicted molar refractivity (Wildman–Crippen MR) is 111 cm³/mol. The van der Waals surface area contributed by atoms with E-state index in [9.17, 15) is 17.6 Å². The summed E-state index contributed by atoms with van der Waals surface area (Å²) in [6, 6.07) is 9.75. The van der Waals surface area contributed by atoms with E-state index >= 15 is 0 Å². The van der Waals surface area contributed by atoms with Crippen molar-refractivity contribution in [1.82, 2.24) is 9.21 Å². The molecule has 1 heterocycles. The van der Waals surface area contributed by atoms with E-state index in [1.165, 1.54) is 16.4 Å². The molecule has 0 bridgehead atoms. The Kier molecular flexibility index (Phi) is 7.13. The van der Waals surface area contributed by atoms with Gasteiger partial charge in [-0.15, -0.1) is 0 Å². The van der Waals surface area contributed by atoms with Crippen LogP contribution < -0.4 is 5.32 Å². The molecule has 29 heavy (non-hydrogen) atoms. The van der Waals surface area contributed by atoms with E-state index in [1.807, 2.05) is 4.90 Å². The highest BCUT2D eigenvalue weighted by Gasteiger charge is 2.27. The Bertz CT molecular complexity index is 987. The maximum atomic E-state index is 13.1. The molecule has 0 aliphatic carbocycles. The first-order valence-electron chi connectivity index (χ1n) is 8.99. The number of amides is 1. The minimum atomic E-state index is -3.71. The van der Waals surface area contributed by atoms with E-state index in [4.69, 9.17) is 23.2 Å². The predicted octanol–water partition coefficient (Wildman–Crippen LogP) is 3.47. The van der Waals surface area contributed by atoms with Crippen LogP contribution in [0.5, 0.6) is 0 Å². The molecule has 0 radical (unpaired) electrons. The molecule has 0 saturated carbocycles. The summed E-state index contributed by atoms with van der Waals surface area (Å²) in [7, 11) is -3.71. The number of sulfonamides is 1. The lowest BCUT2D eigenvalue weighted by atomic mass is 10.3. The number of carbonyl (C=O) groups is 1. The molecule has 1 fully saturated rings. The Morgan fingerprint density at radius 3 is 2.48 bits per heavy atom. The number of carbonyl (C=O) groups excluding carboxylic acids is 1. The monoisotopic (exact) mass is 459 g/mol. The van der Waals surface area contributed by atoms with Gasteiger partial charge in [0.2, 0.25) is 15.9 Å². The minimum Gasteiger partial charge on any atom is -0.324 e. The van der Waals surface area contributed by atoms with Crippen molar-refractivity contribution in [3.05, 3.63) is 58.3 Å². The molecular formula is C19H20Cl2FN3O3S. The molecule has 0 unspecified atom stereocenters. The summed E-state index contributed by atoms with van der Waals surface area (Å²) in [5, 5.41) is 3.35. The molecule has 10 heteroatoms. The maximum absolute atomic E-state index is 13.1. The van der Waals surface area contributed by atoms with Crippen LogP contribution in [-0.4, -0.2) is 56.3 Å². The molecule has 1 amide bonds. The third-order valence-corrected chi connectivity index (χ3v) is 7.32. The van der Waals surface area contributed by atoms with Crippen LogP contribution in [0.4, 0.5) is 10.1 Å². The van der Waals surface area contributed by atoms with E-state index < -0.39 is 15.8 Å². The summed E-state index contributed by atoms with van der Waals surface area (Å²) >= 11 is 12.0. The second kappa shape index (κ2) is 9.40. The van der Waals surface area contributed by atoms with Crippen LogP contribution in [-0.2, 0) is 14.8 Å². The van der Waals surface area contributed by atoms with Crippen LogP contribution in [0.15, 0.2) is 47.4 Å². The molecule has 0 spiro atoms. The Hall–Kier alpha value is -1.71. The molecule has 1 N–H and O–H groups in total. The lowest BCUT2D eigenvalue weighted by molar-refractivity contribution is -0.117. The van der Waals surface area contributed by atoms with Crippen LogP contribution in [0.3, 0.4) is 0 Å². The maximum Gasteiger partial charge on any atom is 0.243 e. The molecular weight excluding hydrogens is 440 g/mol. The fraction of sp³-hybridized carbons (Fsp3) is 0.316. The van der Waals surface area contributed by atoms with Crippen molar-refractivity contribution in [2.75, 3.05) is 38.0 Å². The lowest BCUT2D eigenvalue weighted by Crippen LogP contribution is -2.38. The van der Waals surface area contributed by atoms with Gasteiger partial charge in [-0.05, 0) is 49.4 Å². The first kappa shape index (κ1) is 22.0. The fourth-order valence-electron chi connectivity index (χ4n) is 3.09. The van der Waals surface area contributed by atoms with Gasteiger partial charge in [0.1, 0.15) is 5.82 Å². The Balaban J connectivity index is 1.60. The van der Waals surface area contributed by atoms with Crippen LogP contribution in [0.2, 0.25) is 10.0 Å². The van der Waals surface area contributed by atoms with Gasteiger partial charge < -0.3 is 5.32 Å². The van der Waals surface area contributed by atoms with Crippen molar-refractivity contribution < 1.29 is 17.6 Å². The van der Waals surface area contributed by atoms with Crippen LogP contribution in [0.1, 0.15) is 6.42 Å². The molecule has 6 nitrogen and oxygen atoms in total. The number of hydrogen-bond acceptors (Lipinski definition) is 4. The lowest BCUT2D eigenvalue weighted by Gasteiger charge is -2.21. The van der Waals surface area contributed by atoms with Gasteiger partial charge in [0, 0.05) is 19.6 Å². The van der Waals surface area contributed by atoms with E-state index in [2.05, 4.69) is 5.32 Å². The van der Waals surface area contributed by atoms with E-state index in [1.54, 1.807) is 18.2 Å². The summed E-state index contributed by atoms with van der Waals surface area (Å²) in [5.74, 6) is -0.749. The number of nitrogens with one attached hydrogen (secondary N) is 1. The van der Waals surface area contributed by atoms with Crippen LogP contribution >= 0.6 is 23.2 Å². The highest BCUT2D eigenvalue weighted by atomic mass is 35.5. The van der Waals surface area contributed by atoms with E-state index in [-0.39, 0.29) is 28.9 Å². The summed E-state index contributed by atoms with van der Waals surface area (Å²) in [6.45, 7) is 1.65. The van der Waals surface area contributed by atoms with Crippen molar-refractivity contribution in [2.24, 2.45) is 0 Å². The Morgan fingerprint density at radius 1 is 1.03 bits per heavy atom. The quantitative estimate of drug-likeness (QED) is 0.742. The summed E-state index contributed by atoms with van der Waals surface area (Å²) in [6.07, 6.45) is 0.575. The number of nitrogens with zero attached hydrogens (tertiary/aromatic N) is 2. The average Bonchev–Trinajstić information content (AvgIpc) is 2.92. The third-order valence-electron chi connectivity index (χ3n) is 4.59. The molecule has 3 rings (SSSR count). The fourth-order valence-corrected chi connectivity index (χ4v) is 4.91. The summed E-state index contributed by atoms with van der Waals surface area (Å²) in [4.78, 5) is 14.3. The van der Waals surface area contributed by atoms with Gasteiger partial charge in [-0.25, -0.2) is 12.8 Å². The number of halogens is 3. The average molecular weight is 460 g/mol. The van der Waals surface area contributed by atoms with Gasteiger partial charge in [-0.1, -0.05) is 29.3 Å². The normalized spacial score (nSPS) is 16.4. The largest absolute Gasteiger partial charge is 0.324 e. The van der Waals surface area contributed by atoms with Gasteiger partial charge in [-0.3, -0.25) is 9.69 Å². The molecule has 2 aromatic carbocycles. The first-order valence-corrected chi connectivity index (χ1v) is 11.2. The van der Waals surface area contributed by atoms with Crippen molar-refractivity contribution in [3.63, 3.8) is 0 Å². The first-order chi connectivity index (χ1) is 13.8. The van der Waals surface area contributed by atoms with E-state index in [0.717, 1.165) is 12.1 Å². The number of anilines is 1. The van der Waals surface area contributed by atoms with Crippen molar-refractivity contribution in [3.8, 4) is 0 Å². The van der Waals surface area contributed by atoms with Crippen LogP contribution in [0, 0.1) is 5.82 Å². The molecule has 0 aromatic heterocycles. The van der Waals surface area contributed by atoms with Crippen molar-refractivity contribution in [1.29, 1.82) is 0 Å². The zero-order chi connectivity index (χ0) is 21.0. The Morgan fingerprint density at radius 2 is 1.76 bits per heavy atom. The van der Waals surface area contributed by atoms with Crippen molar-refractivity contribution >= 4 is 44.8 Å². The molecule has 0 atom stereocenters. The zero-order valence-electron chi connectivity index (χ0n) is 15.4. The van der Waals surface area contributed by atoms with Gasteiger partial charge >= 0.3 is 0 Å². The Labute approximate surface area is 179 Å². The molecule has 1 aliphatic rings. The summed E-state index contributed by atoms with van der Waals surface area (Å²) in [5.41, 5.74) is 0.430. The second-order valence-electron chi connectivity index (χ2n) is 6.64. The SMILES string of the molecule is O=C(CN1CCCN(S(=O)(=O)c2ccc(F)cc2)CC1)Nc1cccc(Cl)c1Cl. The number of benzene rings is 2. The summed E-state index contributed by atoms with van der Waals surface area (Å²) < 4.78 is 40.0. The topological polar surface area (TPSA) is 69.7 Å². The van der Waals surface area contributed by atoms with Crippen molar-refractivity contribution in [2.45, 2.75) is 11.3 Å². The standard InChI is InChI=1S/C19H20Cl2FN3O3S/c20-16-3-1-4-17(19(16)21)23-18(26)13-24-9-2-10-25(12-11-24)29(27,28)15-7-5-14(22)6-8-15/h1,3-8H,2,9-13H2,(H,23,26). The smallest absolute Gasteiger partial charge is 0.243 e. The van der Waals surface area contributed by atoms with Gasteiger partial charge in [-0.2, -0.15) is 4.31 Å². The third kappa shape index (κ3) is 5.46. The highest BCUT2D eigenvalue weighted by Crippen LogP contribution is 2.29. The molecule has 156 valence electrons. The molecule has 1 saturated heterocycles. The van der Waals surface area contributed by atoms with Crippen LogP contribution in [0.25, 0.3) is 0 Å². The minimum absolute atomic E-state index is 0.0562.